The molecular formula is C35H50O7S. The Hall–Kier alpha value is -2.97. The number of carbonyl (C=O) groups is 2. The molecule has 1 fully saturated rings. The SMILES string of the molecule is CCOC(=O)CC(C)/C(C)=C/CC/C(C)=C/CC(/C=C(\C)CC/C=C(\C)C1OC1C(=O)OCC)S(=O)(=O)c1ccccc1. The van der Waals surface area contributed by atoms with Gasteiger partial charge in [0, 0.05) is 0 Å². The van der Waals surface area contributed by atoms with Crippen LogP contribution >= 0.6 is 0 Å². The highest BCUT2D eigenvalue weighted by Gasteiger charge is 2.47. The third kappa shape index (κ3) is 12.3. The van der Waals surface area contributed by atoms with Crippen LogP contribution in [0.25, 0.3) is 0 Å². The van der Waals surface area contributed by atoms with Gasteiger partial charge in [-0.15, -0.1) is 0 Å². The summed E-state index contributed by atoms with van der Waals surface area (Å²) in [5.41, 5.74) is 4.25. The molecule has 4 unspecified atom stereocenters. The van der Waals surface area contributed by atoms with Crippen LogP contribution in [-0.2, 0) is 33.6 Å². The molecule has 8 heteroatoms. The van der Waals surface area contributed by atoms with Gasteiger partial charge in [0.2, 0.25) is 0 Å². The van der Waals surface area contributed by atoms with E-state index in [-0.39, 0.29) is 24.0 Å². The average Bonchev–Trinajstić information content (AvgIpc) is 3.77. The largest absolute Gasteiger partial charge is 0.466 e. The smallest absolute Gasteiger partial charge is 0.338 e. The first-order chi connectivity index (χ1) is 20.4. The van der Waals surface area contributed by atoms with E-state index >= 15 is 0 Å². The molecule has 0 N–H and O–H groups in total. The fraction of sp³-hybridized carbons (Fsp3) is 0.543. The molecule has 1 aromatic carbocycles. The summed E-state index contributed by atoms with van der Waals surface area (Å²) in [7, 11) is -3.58. The van der Waals surface area contributed by atoms with Crippen LogP contribution in [0.3, 0.4) is 0 Å². The predicted molar refractivity (Wildman–Crippen MR) is 171 cm³/mol. The van der Waals surface area contributed by atoms with Crippen molar-refractivity contribution in [3.05, 3.63) is 76.9 Å². The predicted octanol–water partition coefficient (Wildman–Crippen LogP) is 7.48. The number of benzene rings is 1. The summed E-state index contributed by atoms with van der Waals surface area (Å²) < 4.78 is 42.8. The lowest BCUT2D eigenvalue weighted by Gasteiger charge is -2.15. The second-order valence-corrected chi connectivity index (χ2v) is 13.5. The first-order valence-electron chi connectivity index (χ1n) is 15.3. The van der Waals surface area contributed by atoms with Gasteiger partial charge < -0.3 is 14.2 Å². The Bertz CT molecular complexity index is 1290. The van der Waals surface area contributed by atoms with Crippen LogP contribution in [0.2, 0.25) is 0 Å². The lowest BCUT2D eigenvalue weighted by Crippen LogP contribution is -2.19. The Balaban J connectivity index is 2.06. The molecule has 0 spiro atoms. The molecule has 4 atom stereocenters. The van der Waals surface area contributed by atoms with Crippen LogP contribution in [0.15, 0.2) is 81.8 Å². The normalized spacial score (nSPS) is 19.5. The molecule has 0 amide bonds. The summed E-state index contributed by atoms with van der Waals surface area (Å²) in [6, 6.07) is 8.60. The van der Waals surface area contributed by atoms with E-state index in [4.69, 9.17) is 14.2 Å². The molecule has 0 radical (unpaired) electrons. The molecule has 43 heavy (non-hydrogen) atoms. The summed E-state index contributed by atoms with van der Waals surface area (Å²) in [6.45, 7) is 14.3. The van der Waals surface area contributed by atoms with E-state index in [1.807, 2.05) is 59.8 Å². The van der Waals surface area contributed by atoms with Gasteiger partial charge in [0.05, 0.1) is 29.8 Å². The van der Waals surface area contributed by atoms with Gasteiger partial charge in [-0.2, -0.15) is 0 Å². The highest BCUT2D eigenvalue weighted by molar-refractivity contribution is 7.92. The van der Waals surface area contributed by atoms with Crippen molar-refractivity contribution in [2.24, 2.45) is 5.92 Å². The van der Waals surface area contributed by atoms with Crippen molar-refractivity contribution in [3.8, 4) is 0 Å². The van der Waals surface area contributed by atoms with Crippen molar-refractivity contribution in [2.45, 2.75) is 109 Å². The lowest BCUT2D eigenvalue weighted by molar-refractivity contribution is -0.145. The van der Waals surface area contributed by atoms with Crippen LogP contribution in [0.1, 0.15) is 87.0 Å². The van der Waals surface area contributed by atoms with Gasteiger partial charge in [-0.3, -0.25) is 4.79 Å². The lowest BCUT2D eigenvalue weighted by atomic mass is 9.97. The van der Waals surface area contributed by atoms with Crippen molar-refractivity contribution >= 4 is 21.8 Å². The van der Waals surface area contributed by atoms with E-state index in [0.717, 1.165) is 41.6 Å². The molecule has 238 valence electrons. The van der Waals surface area contributed by atoms with Crippen molar-refractivity contribution in [3.63, 3.8) is 0 Å². The van der Waals surface area contributed by atoms with Gasteiger partial charge in [0.25, 0.3) is 0 Å². The van der Waals surface area contributed by atoms with E-state index in [1.165, 1.54) is 0 Å². The van der Waals surface area contributed by atoms with Gasteiger partial charge in [0.1, 0.15) is 6.10 Å². The zero-order valence-electron chi connectivity index (χ0n) is 26.9. The number of epoxide rings is 1. The van der Waals surface area contributed by atoms with Crippen molar-refractivity contribution in [2.75, 3.05) is 13.2 Å². The third-order valence-corrected chi connectivity index (χ3v) is 9.72. The monoisotopic (exact) mass is 614 g/mol. The molecule has 0 aliphatic carbocycles. The van der Waals surface area contributed by atoms with Crippen LogP contribution in [-0.4, -0.2) is 51.0 Å². The molecule has 0 aromatic heterocycles. The topological polar surface area (TPSA) is 99.3 Å². The maximum Gasteiger partial charge on any atom is 0.338 e. The molecule has 2 rings (SSSR count). The average molecular weight is 615 g/mol. The van der Waals surface area contributed by atoms with Gasteiger partial charge in [-0.25, -0.2) is 13.2 Å². The van der Waals surface area contributed by atoms with Crippen molar-refractivity contribution in [1.29, 1.82) is 0 Å². The zero-order valence-corrected chi connectivity index (χ0v) is 27.7. The van der Waals surface area contributed by atoms with Crippen molar-refractivity contribution in [1.82, 2.24) is 0 Å². The molecule has 1 saturated heterocycles. The zero-order chi connectivity index (χ0) is 32.0. The number of carbonyl (C=O) groups excluding carboxylic acids is 2. The maximum atomic E-state index is 13.6. The van der Waals surface area contributed by atoms with Gasteiger partial charge in [-0.1, -0.05) is 66.1 Å². The molecule has 1 aromatic rings. The molecule has 1 aliphatic rings. The molecule has 1 heterocycles. The molecule has 0 saturated carbocycles. The van der Waals surface area contributed by atoms with Gasteiger partial charge in [0.15, 0.2) is 15.9 Å². The maximum absolute atomic E-state index is 13.6. The standard InChI is InChI=1S/C35H50O7S/c1-8-40-32(36)24-29(7)27(5)17-13-15-25(3)21-22-31(43(38,39)30-19-11-10-12-20-30)23-26(4)16-14-18-28(6)33-34(42-33)35(37)41-9-2/h10-12,17-21,23,29,31,33-34H,8-9,13-16,22,24H2,1-7H3/b25-21+,26-23+,27-17+,28-18+. The number of hydrogen-bond donors (Lipinski definition) is 0. The van der Waals surface area contributed by atoms with Crippen LogP contribution in [0, 0.1) is 5.92 Å². The third-order valence-electron chi connectivity index (χ3n) is 7.66. The number of esters is 2. The summed E-state index contributed by atoms with van der Waals surface area (Å²) in [4.78, 5) is 24.0. The summed E-state index contributed by atoms with van der Waals surface area (Å²) in [5.74, 6) is -0.395. The van der Waals surface area contributed by atoms with Crippen LogP contribution in [0.4, 0.5) is 0 Å². The van der Waals surface area contributed by atoms with E-state index in [2.05, 4.69) is 12.2 Å². The number of hydrogen-bond acceptors (Lipinski definition) is 7. The summed E-state index contributed by atoms with van der Waals surface area (Å²) in [6.07, 6.45) is 11.2. The van der Waals surface area contributed by atoms with E-state index < -0.39 is 21.2 Å². The highest BCUT2D eigenvalue weighted by atomic mass is 32.2. The summed E-state index contributed by atoms with van der Waals surface area (Å²) in [5, 5.41) is -0.684. The minimum absolute atomic E-state index is 0.117. The number of sulfone groups is 1. The molecule has 1 aliphatic heterocycles. The van der Waals surface area contributed by atoms with E-state index in [0.29, 0.717) is 37.4 Å². The molecular weight excluding hydrogens is 564 g/mol. The van der Waals surface area contributed by atoms with Crippen LogP contribution in [0.5, 0.6) is 0 Å². The minimum Gasteiger partial charge on any atom is -0.466 e. The number of ether oxygens (including phenoxy) is 3. The van der Waals surface area contributed by atoms with E-state index in [9.17, 15) is 18.0 Å². The van der Waals surface area contributed by atoms with Crippen LogP contribution < -0.4 is 0 Å². The Morgan fingerprint density at radius 1 is 0.884 bits per heavy atom. The fourth-order valence-electron chi connectivity index (χ4n) is 4.75. The second kappa shape index (κ2) is 18.0. The Morgan fingerprint density at radius 2 is 1.51 bits per heavy atom. The highest BCUT2D eigenvalue weighted by Crippen LogP contribution is 2.31. The first-order valence-corrected chi connectivity index (χ1v) is 16.9. The van der Waals surface area contributed by atoms with E-state index in [1.54, 1.807) is 31.2 Å². The Morgan fingerprint density at radius 3 is 2.16 bits per heavy atom. The van der Waals surface area contributed by atoms with Gasteiger partial charge in [-0.05, 0) is 97.3 Å². The van der Waals surface area contributed by atoms with Crippen molar-refractivity contribution < 1.29 is 32.2 Å². The Labute approximate surface area is 259 Å². The molecule has 0 bridgehead atoms. The Kier molecular flexibility index (Phi) is 15.1. The fourth-order valence-corrected chi connectivity index (χ4v) is 6.40. The molecule has 7 nitrogen and oxygen atoms in total. The first kappa shape index (κ1) is 36.2. The quantitative estimate of drug-likeness (QED) is 0.0960. The number of rotatable bonds is 18. The second-order valence-electron chi connectivity index (χ2n) is 11.3. The number of allylic oxidation sites excluding steroid dienone is 6. The van der Waals surface area contributed by atoms with Gasteiger partial charge >= 0.3 is 11.9 Å². The minimum atomic E-state index is -3.58. The summed E-state index contributed by atoms with van der Waals surface area (Å²) >= 11 is 0.